The van der Waals surface area contributed by atoms with Gasteiger partial charge in [0.15, 0.2) is 17.4 Å². The summed E-state index contributed by atoms with van der Waals surface area (Å²) in [6, 6.07) is 37.5. The second kappa shape index (κ2) is 9.69. The predicted molar refractivity (Wildman–Crippen MR) is 142 cm³/mol. The molecule has 1 N–H and O–H groups in total. The molecule has 1 heterocycles. The maximum absolute atomic E-state index is 13.7. The number of nitrogens with one attached hydrogen (secondary N) is 1. The molecule has 5 aromatic rings. The van der Waals surface area contributed by atoms with Crippen LogP contribution in [0.4, 0.5) is 5.69 Å². The van der Waals surface area contributed by atoms with Crippen molar-refractivity contribution in [3.63, 3.8) is 0 Å². The lowest BCUT2D eigenvalue weighted by molar-refractivity contribution is -0.577. The average Bonchev–Trinajstić information content (AvgIpc) is 2.90. The molecule has 0 fully saturated rings. The third-order valence-electron chi connectivity index (χ3n) is 5.70. The molecule has 0 saturated heterocycles. The molecular weight excluding hydrogens is 436 g/mol. The van der Waals surface area contributed by atoms with Gasteiger partial charge in [-0.05, 0) is 33.9 Å². The van der Waals surface area contributed by atoms with Crippen molar-refractivity contribution in [1.29, 1.82) is 0 Å². The Morgan fingerprint density at radius 1 is 0.647 bits per heavy atom. The lowest BCUT2D eigenvalue weighted by Crippen LogP contribution is -2.39. The summed E-state index contributed by atoms with van der Waals surface area (Å²) in [6.45, 7) is 0. The lowest BCUT2D eigenvalue weighted by atomic mass is 10.0. The van der Waals surface area contributed by atoms with E-state index in [9.17, 15) is 5.11 Å². The number of pyridine rings is 1. The Morgan fingerprint density at radius 3 is 2.03 bits per heavy atom. The van der Waals surface area contributed by atoms with Gasteiger partial charge in [0.2, 0.25) is 5.70 Å². The molecule has 0 bridgehead atoms. The van der Waals surface area contributed by atoms with Gasteiger partial charge in [0.25, 0.3) is 0 Å². The highest BCUT2D eigenvalue weighted by atomic mass is 32.1. The summed E-state index contributed by atoms with van der Waals surface area (Å²) >= 11 is 5.79. The number of nitrogens with zero attached hydrogens (tertiary/aromatic N) is 1. The largest absolute Gasteiger partial charge is 0.867 e. The monoisotopic (exact) mass is 458 g/mol. The first-order chi connectivity index (χ1) is 16.7. The molecule has 3 nitrogen and oxygen atoms in total. The van der Waals surface area contributed by atoms with Crippen molar-refractivity contribution in [2.45, 2.75) is 0 Å². The zero-order valence-electron chi connectivity index (χ0n) is 18.4. The fraction of sp³-hybridized carbons (Fsp3) is 0. The normalized spacial score (nSPS) is 11.6. The van der Waals surface area contributed by atoms with E-state index in [1.165, 1.54) is 0 Å². The lowest BCUT2D eigenvalue weighted by Gasteiger charge is -2.18. The fourth-order valence-electron chi connectivity index (χ4n) is 3.98. The second-order valence-corrected chi connectivity index (χ2v) is 8.29. The van der Waals surface area contributed by atoms with Crippen LogP contribution in [-0.2, 0) is 0 Å². The molecule has 0 aliphatic rings. The highest BCUT2D eigenvalue weighted by molar-refractivity contribution is 7.81. The quantitative estimate of drug-likeness (QED) is 0.154. The Balaban J connectivity index is 1.55. The average molecular weight is 459 g/mol. The van der Waals surface area contributed by atoms with Crippen LogP contribution in [0, 0.1) is 0 Å². The zero-order chi connectivity index (χ0) is 23.3. The predicted octanol–water partition coefficient (Wildman–Crippen LogP) is 5.92. The van der Waals surface area contributed by atoms with Crippen LogP contribution < -0.4 is 15.0 Å². The van der Waals surface area contributed by atoms with Gasteiger partial charge in [-0.3, -0.25) is 0 Å². The minimum Gasteiger partial charge on any atom is -0.867 e. The van der Waals surface area contributed by atoms with Crippen molar-refractivity contribution < 1.29 is 9.67 Å². The van der Waals surface area contributed by atoms with Gasteiger partial charge in [-0.15, -0.1) is 0 Å². The van der Waals surface area contributed by atoms with E-state index in [0.29, 0.717) is 16.2 Å². The summed E-state index contributed by atoms with van der Waals surface area (Å²) in [5, 5.41) is 19.2. The Kier molecular flexibility index (Phi) is 6.15. The van der Waals surface area contributed by atoms with Crippen molar-refractivity contribution in [1.82, 2.24) is 0 Å². The van der Waals surface area contributed by atoms with Gasteiger partial charge in [0.1, 0.15) is 0 Å². The summed E-state index contributed by atoms with van der Waals surface area (Å²) in [7, 11) is 0. The number of aromatic nitrogens is 1. The highest BCUT2D eigenvalue weighted by Gasteiger charge is 2.19. The number of rotatable bonds is 5. The number of benzene rings is 4. The Labute approximate surface area is 204 Å². The number of thiocarbonyl (C=S) groups is 1. The molecule has 34 heavy (non-hydrogen) atoms. The third-order valence-corrected chi connectivity index (χ3v) is 5.99. The summed E-state index contributed by atoms with van der Waals surface area (Å²) in [6.07, 6.45) is 3.67. The molecule has 0 aliphatic heterocycles. The molecule has 164 valence electrons. The van der Waals surface area contributed by atoms with Crippen molar-refractivity contribution in [2.75, 3.05) is 5.32 Å². The molecule has 5 rings (SSSR count). The van der Waals surface area contributed by atoms with E-state index in [1.807, 2.05) is 103 Å². The third kappa shape index (κ3) is 4.45. The molecule has 0 amide bonds. The van der Waals surface area contributed by atoms with E-state index in [1.54, 1.807) is 4.57 Å². The molecule has 0 saturated carbocycles. The molecule has 4 heteroatoms. The molecule has 0 radical (unpaired) electrons. The first-order valence-corrected chi connectivity index (χ1v) is 11.4. The van der Waals surface area contributed by atoms with Crippen LogP contribution in [0.5, 0.6) is 0 Å². The van der Waals surface area contributed by atoms with E-state index in [-0.39, 0.29) is 5.76 Å². The first kappa shape index (κ1) is 21.6. The molecular formula is C30H22N2OS. The Bertz CT molecular complexity index is 1470. The van der Waals surface area contributed by atoms with E-state index < -0.39 is 0 Å². The smallest absolute Gasteiger partial charge is 0.238 e. The number of hydrogen-bond donors (Lipinski definition) is 1. The fourth-order valence-corrected chi connectivity index (χ4v) is 4.29. The van der Waals surface area contributed by atoms with Crippen LogP contribution in [0.2, 0.25) is 0 Å². The van der Waals surface area contributed by atoms with Crippen LogP contribution in [-0.4, -0.2) is 4.99 Å². The molecule has 0 aliphatic carbocycles. The summed E-state index contributed by atoms with van der Waals surface area (Å²) < 4.78 is 1.77. The molecule has 1 aromatic heterocycles. The van der Waals surface area contributed by atoms with E-state index in [4.69, 9.17) is 12.2 Å². The minimum atomic E-state index is -0.145. The maximum Gasteiger partial charge on any atom is 0.238 e. The summed E-state index contributed by atoms with van der Waals surface area (Å²) in [4.78, 5) is 0.365. The van der Waals surface area contributed by atoms with Gasteiger partial charge in [0, 0.05) is 23.2 Å². The molecule has 0 atom stereocenters. The van der Waals surface area contributed by atoms with E-state index >= 15 is 0 Å². The van der Waals surface area contributed by atoms with Crippen molar-refractivity contribution in [3.8, 4) is 11.1 Å². The first-order valence-electron chi connectivity index (χ1n) is 11.0. The highest BCUT2D eigenvalue weighted by Crippen LogP contribution is 2.26. The maximum atomic E-state index is 13.7. The van der Waals surface area contributed by atoms with Gasteiger partial charge in [-0.1, -0.05) is 109 Å². The van der Waals surface area contributed by atoms with Crippen LogP contribution in [0.15, 0.2) is 128 Å². The van der Waals surface area contributed by atoms with Crippen LogP contribution >= 0.6 is 12.2 Å². The van der Waals surface area contributed by atoms with E-state index in [0.717, 1.165) is 27.6 Å². The topological polar surface area (TPSA) is 39.0 Å². The van der Waals surface area contributed by atoms with Crippen molar-refractivity contribution in [2.24, 2.45) is 0 Å². The number of hydrogen-bond acceptors (Lipinski definition) is 2. The van der Waals surface area contributed by atoms with Crippen molar-refractivity contribution in [3.05, 3.63) is 133 Å². The summed E-state index contributed by atoms with van der Waals surface area (Å²) in [5.41, 5.74) is 4.01. The van der Waals surface area contributed by atoms with Gasteiger partial charge >= 0.3 is 0 Å². The van der Waals surface area contributed by atoms with Gasteiger partial charge in [-0.25, -0.2) is 0 Å². The van der Waals surface area contributed by atoms with Gasteiger partial charge in [-0.2, -0.15) is 4.57 Å². The molecule has 0 unspecified atom stereocenters. The number of fused-ring (bicyclic) bond motifs is 1. The SMILES string of the molecule is [O-]/C(=C(\C(=S)Nc1cccc2ccccc12)[n+]1ccccc1)c1ccc(-c2ccccc2)cc1. The Hall–Kier alpha value is -4.28. The van der Waals surface area contributed by atoms with Gasteiger partial charge in [0.05, 0.1) is 0 Å². The zero-order valence-corrected chi connectivity index (χ0v) is 19.2. The van der Waals surface area contributed by atoms with Crippen LogP contribution in [0.1, 0.15) is 5.56 Å². The second-order valence-electron chi connectivity index (χ2n) is 7.88. The van der Waals surface area contributed by atoms with E-state index in [2.05, 4.69) is 29.6 Å². The minimum absolute atomic E-state index is 0.145. The van der Waals surface area contributed by atoms with Crippen LogP contribution in [0.25, 0.3) is 33.4 Å². The molecule has 0 spiro atoms. The van der Waals surface area contributed by atoms with Crippen LogP contribution in [0.3, 0.4) is 0 Å². The molecule has 4 aromatic carbocycles. The standard InChI is InChI=1S/C30H22N2OS/c33-29(25-18-16-23(17-19-25)22-10-3-1-4-11-22)28(32-20-7-2-8-21-32)30(34)31-27-15-9-13-24-12-5-6-14-26(24)27/h1-21H,(H-,31,33,34). The summed E-state index contributed by atoms with van der Waals surface area (Å²) in [5.74, 6) is -0.145. The number of anilines is 1. The van der Waals surface area contributed by atoms with Gasteiger partial charge < -0.3 is 10.4 Å². The Morgan fingerprint density at radius 2 is 1.26 bits per heavy atom. The van der Waals surface area contributed by atoms with Crippen molar-refractivity contribution >= 4 is 45.1 Å².